The highest BCUT2D eigenvalue weighted by atomic mass is 16.5. The Hall–Kier alpha value is -3.35. The molecule has 3 rings (SSSR count). The summed E-state index contributed by atoms with van der Waals surface area (Å²) in [5, 5.41) is 5.51. The summed E-state index contributed by atoms with van der Waals surface area (Å²) in [4.78, 5) is 31.7. The predicted octanol–water partition coefficient (Wildman–Crippen LogP) is 2.88. The highest BCUT2D eigenvalue weighted by Crippen LogP contribution is 2.18. The number of imidazole rings is 1. The number of aryl methyl sites for hydroxylation is 2. The quantitative estimate of drug-likeness (QED) is 0.549. The van der Waals surface area contributed by atoms with Crippen molar-refractivity contribution in [3.05, 3.63) is 53.3 Å². The predicted molar refractivity (Wildman–Crippen MR) is 109 cm³/mol. The van der Waals surface area contributed by atoms with Crippen molar-refractivity contribution >= 4 is 28.5 Å². The Morgan fingerprint density at radius 3 is 2.54 bits per heavy atom. The van der Waals surface area contributed by atoms with Gasteiger partial charge in [0.1, 0.15) is 18.0 Å². The summed E-state index contributed by atoms with van der Waals surface area (Å²) in [7, 11) is 1.62. The monoisotopic (exact) mass is 380 g/mol. The van der Waals surface area contributed by atoms with Gasteiger partial charge in [0, 0.05) is 24.7 Å². The number of ether oxygens (including phenoxy) is 1. The van der Waals surface area contributed by atoms with E-state index in [2.05, 4.69) is 20.6 Å². The molecule has 2 aromatic carbocycles. The number of methoxy groups -OCH3 is 1. The van der Waals surface area contributed by atoms with E-state index in [1.165, 1.54) is 0 Å². The van der Waals surface area contributed by atoms with E-state index >= 15 is 0 Å². The molecule has 0 aliphatic heterocycles. The number of aromatic nitrogens is 2. The van der Waals surface area contributed by atoms with Gasteiger partial charge in [-0.05, 0) is 49.2 Å². The molecule has 3 aromatic rings. The summed E-state index contributed by atoms with van der Waals surface area (Å²) in [6.07, 6.45) is 0.325. The maximum atomic E-state index is 12.1. The minimum Gasteiger partial charge on any atom is -0.497 e. The fourth-order valence-corrected chi connectivity index (χ4v) is 3.07. The lowest BCUT2D eigenvalue weighted by atomic mass is 10.1. The number of nitrogens with one attached hydrogen (secondary N) is 3. The molecule has 0 unspecified atom stereocenters. The molecule has 0 fully saturated rings. The van der Waals surface area contributed by atoms with Crippen LogP contribution in [0.25, 0.3) is 11.0 Å². The Labute approximate surface area is 163 Å². The number of aromatic amines is 1. The highest BCUT2D eigenvalue weighted by Gasteiger charge is 2.10. The van der Waals surface area contributed by atoms with Crippen molar-refractivity contribution in [2.24, 2.45) is 0 Å². The smallest absolute Gasteiger partial charge is 0.233 e. The van der Waals surface area contributed by atoms with Crippen LogP contribution < -0.4 is 15.4 Å². The van der Waals surface area contributed by atoms with E-state index in [9.17, 15) is 9.59 Å². The van der Waals surface area contributed by atoms with Crippen LogP contribution in [-0.4, -0.2) is 35.4 Å². The van der Waals surface area contributed by atoms with Crippen LogP contribution in [0.4, 0.5) is 5.69 Å². The normalized spacial score (nSPS) is 10.7. The second-order valence-electron chi connectivity index (χ2n) is 6.77. The largest absolute Gasteiger partial charge is 0.497 e. The third-order valence-corrected chi connectivity index (χ3v) is 4.25. The van der Waals surface area contributed by atoms with Gasteiger partial charge in [-0.3, -0.25) is 9.59 Å². The molecule has 0 spiro atoms. The number of hydrogen-bond donors (Lipinski definition) is 3. The lowest BCUT2D eigenvalue weighted by molar-refractivity contribution is -0.126. The van der Waals surface area contributed by atoms with Crippen LogP contribution in [0.5, 0.6) is 5.75 Å². The van der Waals surface area contributed by atoms with Crippen LogP contribution in [0.3, 0.4) is 0 Å². The number of hydrogen-bond acceptors (Lipinski definition) is 4. The molecule has 0 atom stereocenters. The van der Waals surface area contributed by atoms with Gasteiger partial charge in [0.15, 0.2) is 0 Å². The Balaban J connectivity index is 1.47. The van der Waals surface area contributed by atoms with E-state index in [1.807, 2.05) is 50.2 Å². The zero-order valence-electron chi connectivity index (χ0n) is 16.3. The van der Waals surface area contributed by atoms with Crippen molar-refractivity contribution in [1.29, 1.82) is 0 Å². The fraction of sp³-hybridized carbons (Fsp3) is 0.286. The van der Waals surface area contributed by atoms with Crippen LogP contribution in [0.2, 0.25) is 0 Å². The molecule has 0 aliphatic rings. The molecule has 1 heterocycles. The molecule has 0 radical (unpaired) electrons. The molecular weight excluding hydrogens is 356 g/mol. The first-order valence-corrected chi connectivity index (χ1v) is 9.10. The Kier molecular flexibility index (Phi) is 5.93. The summed E-state index contributed by atoms with van der Waals surface area (Å²) in [5.41, 5.74) is 4.54. The van der Waals surface area contributed by atoms with Gasteiger partial charge in [0.05, 0.1) is 18.1 Å². The van der Waals surface area contributed by atoms with Gasteiger partial charge in [-0.15, -0.1) is 0 Å². The van der Waals surface area contributed by atoms with Crippen LogP contribution in [0, 0.1) is 13.8 Å². The molecule has 7 nitrogen and oxygen atoms in total. The third kappa shape index (κ3) is 5.09. The lowest BCUT2D eigenvalue weighted by Gasteiger charge is -2.08. The van der Waals surface area contributed by atoms with Crippen LogP contribution in [-0.2, 0) is 16.0 Å². The first kappa shape index (κ1) is 19.4. The minimum atomic E-state index is -0.335. The van der Waals surface area contributed by atoms with Crippen molar-refractivity contribution in [2.75, 3.05) is 19.0 Å². The van der Waals surface area contributed by atoms with Gasteiger partial charge in [-0.25, -0.2) is 4.98 Å². The van der Waals surface area contributed by atoms with Gasteiger partial charge in [0.2, 0.25) is 11.8 Å². The summed E-state index contributed by atoms with van der Waals surface area (Å²) in [6, 6.07) is 11.4. The van der Waals surface area contributed by atoms with E-state index in [-0.39, 0.29) is 18.2 Å². The Bertz CT molecular complexity index is 990. The number of carbonyl (C=O) groups excluding carboxylic acids is 2. The highest BCUT2D eigenvalue weighted by molar-refractivity contribution is 6.03. The van der Waals surface area contributed by atoms with E-state index in [1.54, 1.807) is 7.11 Å². The summed E-state index contributed by atoms with van der Waals surface area (Å²) in [5.74, 6) is 0.868. The average Bonchev–Trinajstić information content (AvgIpc) is 3.02. The van der Waals surface area contributed by atoms with Gasteiger partial charge >= 0.3 is 0 Å². The molecule has 2 amide bonds. The molecule has 146 valence electrons. The van der Waals surface area contributed by atoms with E-state index in [0.29, 0.717) is 18.7 Å². The van der Waals surface area contributed by atoms with Crippen molar-refractivity contribution in [3.8, 4) is 5.75 Å². The van der Waals surface area contributed by atoms with Crippen LogP contribution in [0.15, 0.2) is 36.4 Å². The Morgan fingerprint density at radius 2 is 1.82 bits per heavy atom. The molecule has 0 saturated heterocycles. The number of benzene rings is 2. The Morgan fingerprint density at radius 1 is 1.07 bits per heavy atom. The number of amides is 2. The van der Waals surface area contributed by atoms with Crippen molar-refractivity contribution in [2.45, 2.75) is 26.7 Å². The molecule has 0 bridgehead atoms. The van der Waals surface area contributed by atoms with Crippen LogP contribution >= 0.6 is 0 Å². The molecule has 28 heavy (non-hydrogen) atoms. The number of nitrogens with zero attached hydrogens (tertiary/aromatic N) is 1. The molecular formula is C21H24N4O3. The number of fused-ring (bicyclic) bond motifs is 1. The lowest BCUT2D eigenvalue weighted by Crippen LogP contribution is -2.29. The van der Waals surface area contributed by atoms with Crippen molar-refractivity contribution in [1.82, 2.24) is 15.3 Å². The minimum absolute atomic E-state index is 0.218. The summed E-state index contributed by atoms with van der Waals surface area (Å²) in [6.45, 7) is 4.32. The van der Waals surface area contributed by atoms with Crippen LogP contribution in [0.1, 0.15) is 23.4 Å². The standard InChI is InChI=1S/C21H24N4O3/c1-13-8-14(2)10-15(9-13)23-21(27)12-20(26)22-7-6-19-24-17-5-4-16(28-3)11-18(17)25-19/h4-5,8-11H,6-7,12H2,1-3H3,(H,22,26)(H,23,27)(H,24,25). The molecule has 1 aromatic heterocycles. The van der Waals surface area contributed by atoms with Gasteiger partial charge < -0.3 is 20.4 Å². The van der Waals surface area contributed by atoms with Gasteiger partial charge in [-0.2, -0.15) is 0 Å². The number of H-pyrrole nitrogens is 1. The first-order chi connectivity index (χ1) is 13.4. The third-order valence-electron chi connectivity index (χ3n) is 4.25. The van der Waals surface area contributed by atoms with E-state index < -0.39 is 0 Å². The maximum Gasteiger partial charge on any atom is 0.233 e. The summed E-state index contributed by atoms with van der Waals surface area (Å²) < 4.78 is 5.19. The number of rotatable bonds is 7. The van der Waals surface area contributed by atoms with E-state index in [0.717, 1.165) is 33.7 Å². The molecule has 0 aliphatic carbocycles. The van der Waals surface area contributed by atoms with Crippen molar-refractivity contribution in [3.63, 3.8) is 0 Å². The summed E-state index contributed by atoms with van der Waals surface area (Å²) >= 11 is 0. The zero-order chi connectivity index (χ0) is 20.1. The molecule has 7 heteroatoms. The number of carbonyl (C=O) groups is 2. The second-order valence-corrected chi connectivity index (χ2v) is 6.77. The molecule has 0 saturated carbocycles. The molecule has 3 N–H and O–H groups in total. The second kappa shape index (κ2) is 8.56. The average molecular weight is 380 g/mol. The zero-order valence-corrected chi connectivity index (χ0v) is 16.3. The number of anilines is 1. The SMILES string of the molecule is COc1ccc2nc(CCNC(=O)CC(=O)Nc3cc(C)cc(C)c3)[nH]c2c1. The first-order valence-electron chi connectivity index (χ1n) is 9.10. The topological polar surface area (TPSA) is 96.1 Å². The van der Waals surface area contributed by atoms with Gasteiger partial charge in [-0.1, -0.05) is 6.07 Å². The van der Waals surface area contributed by atoms with Gasteiger partial charge in [0.25, 0.3) is 0 Å². The fourth-order valence-electron chi connectivity index (χ4n) is 3.07. The maximum absolute atomic E-state index is 12.1. The van der Waals surface area contributed by atoms with E-state index in [4.69, 9.17) is 4.74 Å². The van der Waals surface area contributed by atoms with Crippen molar-refractivity contribution < 1.29 is 14.3 Å².